The molecule has 1 aliphatic heterocycles. The van der Waals surface area contributed by atoms with Gasteiger partial charge in [0, 0.05) is 18.7 Å². The maximum absolute atomic E-state index is 13.4. The standard InChI is InChI=1S/C30H40N2O6/c1-6-19-38-23-14-11-21(12-15-23)28(33)26-27(22-13-16-24(36-9-4)25(20-22)37-10-5)32(30(35)29(26)34)18-17-31(7-2)8-3/h11-16,20,27,33H,6-10,17-19H2,1-5H3. The minimum absolute atomic E-state index is 0.0587. The number of carbonyl (C=O) groups is 2. The minimum Gasteiger partial charge on any atom is -0.507 e. The van der Waals surface area contributed by atoms with Crippen molar-refractivity contribution in [2.24, 2.45) is 0 Å². The molecule has 206 valence electrons. The van der Waals surface area contributed by atoms with Crippen LogP contribution in [0.3, 0.4) is 0 Å². The molecule has 1 amide bonds. The van der Waals surface area contributed by atoms with Crippen LogP contribution in [0.25, 0.3) is 5.76 Å². The second-order valence-corrected chi connectivity index (χ2v) is 8.96. The van der Waals surface area contributed by atoms with Crippen molar-refractivity contribution in [1.82, 2.24) is 9.80 Å². The van der Waals surface area contributed by atoms with Gasteiger partial charge in [-0.2, -0.15) is 0 Å². The average molecular weight is 525 g/mol. The molecule has 1 heterocycles. The van der Waals surface area contributed by atoms with E-state index in [1.165, 1.54) is 0 Å². The summed E-state index contributed by atoms with van der Waals surface area (Å²) in [4.78, 5) is 30.4. The molecule has 38 heavy (non-hydrogen) atoms. The Kier molecular flexibility index (Phi) is 10.6. The molecular formula is C30H40N2O6. The van der Waals surface area contributed by atoms with E-state index in [1.807, 2.05) is 26.8 Å². The SMILES string of the molecule is CCCOc1ccc(C(O)=C2C(=O)C(=O)N(CCN(CC)CC)C2c2ccc(OCC)c(OCC)c2)cc1. The molecular weight excluding hydrogens is 484 g/mol. The van der Waals surface area contributed by atoms with Gasteiger partial charge in [-0.15, -0.1) is 0 Å². The number of rotatable bonds is 14. The van der Waals surface area contributed by atoms with Crippen LogP contribution in [0.5, 0.6) is 17.2 Å². The number of benzene rings is 2. The van der Waals surface area contributed by atoms with Crippen LogP contribution < -0.4 is 14.2 Å². The normalized spacial score (nSPS) is 16.8. The summed E-state index contributed by atoms with van der Waals surface area (Å²) >= 11 is 0. The second kappa shape index (κ2) is 13.9. The molecule has 2 aromatic carbocycles. The lowest BCUT2D eigenvalue weighted by molar-refractivity contribution is -0.140. The number of amides is 1. The summed E-state index contributed by atoms with van der Waals surface area (Å²) in [6, 6.07) is 11.5. The highest BCUT2D eigenvalue weighted by Gasteiger charge is 2.46. The lowest BCUT2D eigenvalue weighted by Gasteiger charge is -2.28. The summed E-state index contributed by atoms with van der Waals surface area (Å²) in [5.74, 6) is 0.239. The number of likely N-dealkylation sites (tertiary alicyclic amines) is 1. The van der Waals surface area contributed by atoms with Gasteiger partial charge in [-0.1, -0.05) is 26.8 Å². The molecule has 0 spiro atoms. The summed E-state index contributed by atoms with van der Waals surface area (Å²) < 4.78 is 17.2. The molecule has 8 heteroatoms. The Balaban J connectivity index is 2.10. The molecule has 1 atom stereocenters. The fourth-order valence-corrected chi connectivity index (χ4v) is 4.57. The zero-order valence-electron chi connectivity index (χ0n) is 23.2. The maximum Gasteiger partial charge on any atom is 0.295 e. The molecule has 1 N–H and O–H groups in total. The Labute approximate surface area is 225 Å². The lowest BCUT2D eigenvalue weighted by Crippen LogP contribution is -2.38. The van der Waals surface area contributed by atoms with Crippen LogP contribution in [0.2, 0.25) is 0 Å². The van der Waals surface area contributed by atoms with Gasteiger partial charge in [-0.3, -0.25) is 9.59 Å². The third-order valence-electron chi connectivity index (χ3n) is 6.58. The zero-order valence-corrected chi connectivity index (χ0v) is 23.2. The van der Waals surface area contributed by atoms with Gasteiger partial charge in [0.15, 0.2) is 11.5 Å². The Hall–Kier alpha value is -3.52. The highest BCUT2D eigenvalue weighted by atomic mass is 16.5. The molecule has 0 radical (unpaired) electrons. The lowest BCUT2D eigenvalue weighted by atomic mass is 9.95. The van der Waals surface area contributed by atoms with Gasteiger partial charge < -0.3 is 29.1 Å². The molecule has 0 bridgehead atoms. The van der Waals surface area contributed by atoms with Crippen LogP contribution >= 0.6 is 0 Å². The fourth-order valence-electron chi connectivity index (χ4n) is 4.57. The van der Waals surface area contributed by atoms with Crippen molar-refractivity contribution in [3.8, 4) is 17.2 Å². The largest absolute Gasteiger partial charge is 0.507 e. The van der Waals surface area contributed by atoms with Crippen molar-refractivity contribution >= 4 is 17.4 Å². The topological polar surface area (TPSA) is 88.5 Å². The van der Waals surface area contributed by atoms with E-state index in [-0.39, 0.29) is 11.3 Å². The first kappa shape index (κ1) is 29.0. The predicted octanol–water partition coefficient (Wildman–Crippen LogP) is 5.04. The zero-order chi connectivity index (χ0) is 27.7. The molecule has 8 nitrogen and oxygen atoms in total. The summed E-state index contributed by atoms with van der Waals surface area (Å²) in [5, 5.41) is 11.4. The van der Waals surface area contributed by atoms with Gasteiger partial charge in [0.05, 0.1) is 31.4 Å². The van der Waals surface area contributed by atoms with E-state index in [0.717, 1.165) is 19.5 Å². The van der Waals surface area contributed by atoms with Crippen molar-refractivity contribution in [2.75, 3.05) is 46.0 Å². The van der Waals surface area contributed by atoms with Crippen LogP contribution in [0.15, 0.2) is 48.0 Å². The number of aliphatic hydroxyl groups excluding tert-OH is 1. The number of hydrogen-bond acceptors (Lipinski definition) is 7. The van der Waals surface area contributed by atoms with E-state index in [9.17, 15) is 14.7 Å². The van der Waals surface area contributed by atoms with Crippen LogP contribution in [-0.2, 0) is 9.59 Å². The highest BCUT2D eigenvalue weighted by Crippen LogP contribution is 2.42. The molecule has 1 saturated heterocycles. The average Bonchev–Trinajstić information content (AvgIpc) is 3.18. The van der Waals surface area contributed by atoms with Gasteiger partial charge in [0.1, 0.15) is 11.5 Å². The van der Waals surface area contributed by atoms with Crippen LogP contribution in [-0.4, -0.2) is 72.6 Å². The van der Waals surface area contributed by atoms with Crippen molar-refractivity contribution in [3.63, 3.8) is 0 Å². The molecule has 0 saturated carbocycles. The van der Waals surface area contributed by atoms with Gasteiger partial charge in [-0.05, 0) is 75.3 Å². The molecule has 2 aromatic rings. The van der Waals surface area contributed by atoms with Crippen LogP contribution in [0.4, 0.5) is 0 Å². The van der Waals surface area contributed by atoms with Crippen molar-refractivity contribution < 1.29 is 28.9 Å². The van der Waals surface area contributed by atoms with Crippen molar-refractivity contribution in [1.29, 1.82) is 0 Å². The Morgan fingerprint density at radius 2 is 1.55 bits per heavy atom. The Bertz CT molecular complexity index is 1120. The maximum atomic E-state index is 13.4. The minimum atomic E-state index is -0.767. The van der Waals surface area contributed by atoms with Gasteiger partial charge in [-0.25, -0.2) is 0 Å². The molecule has 3 rings (SSSR count). The number of Topliss-reactive ketones (excluding diaryl/α,β-unsaturated/α-hetero) is 1. The van der Waals surface area contributed by atoms with Gasteiger partial charge in [0.2, 0.25) is 0 Å². The second-order valence-electron chi connectivity index (χ2n) is 8.96. The van der Waals surface area contributed by atoms with E-state index in [2.05, 4.69) is 18.7 Å². The summed E-state index contributed by atoms with van der Waals surface area (Å²) in [5.41, 5.74) is 1.17. The van der Waals surface area contributed by atoms with E-state index in [0.29, 0.717) is 61.3 Å². The Morgan fingerprint density at radius 3 is 2.16 bits per heavy atom. The number of aliphatic hydroxyl groups is 1. The summed E-state index contributed by atoms with van der Waals surface area (Å²) in [6.07, 6.45) is 0.879. The molecule has 0 aliphatic carbocycles. The number of hydrogen-bond donors (Lipinski definition) is 1. The quantitative estimate of drug-likeness (QED) is 0.211. The van der Waals surface area contributed by atoms with E-state index in [4.69, 9.17) is 14.2 Å². The smallest absolute Gasteiger partial charge is 0.295 e. The number of nitrogens with zero attached hydrogens (tertiary/aromatic N) is 2. The first-order valence-corrected chi connectivity index (χ1v) is 13.5. The summed E-state index contributed by atoms with van der Waals surface area (Å²) in [7, 11) is 0. The molecule has 1 fully saturated rings. The third-order valence-corrected chi connectivity index (χ3v) is 6.58. The molecule has 1 aliphatic rings. The predicted molar refractivity (Wildman–Crippen MR) is 148 cm³/mol. The van der Waals surface area contributed by atoms with Gasteiger partial charge >= 0.3 is 0 Å². The van der Waals surface area contributed by atoms with Gasteiger partial charge in [0.25, 0.3) is 11.7 Å². The third kappa shape index (κ3) is 6.48. The number of carbonyl (C=O) groups excluding carboxylic acids is 2. The highest BCUT2D eigenvalue weighted by molar-refractivity contribution is 6.46. The van der Waals surface area contributed by atoms with Crippen molar-refractivity contribution in [3.05, 3.63) is 59.2 Å². The monoisotopic (exact) mass is 524 g/mol. The Morgan fingerprint density at radius 1 is 0.895 bits per heavy atom. The van der Waals surface area contributed by atoms with Crippen molar-refractivity contribution in [2.45, 2.75) is 47.1 Å². The van der Waals surface area contributed by atoms with E-state index >= 15 is 0 Å². The van der Waals surface area contributed by atoms with E-state index in [1.54, 1.807) is 41.3 Å². The van der Waals surface area contributed by atoms with E-state index < -0.39 is 17.7 Å². The van der Waals surface area contributed by atoms with Crippen LogP contribution in [0, 0.1) is 0 Å². The number of likely N-dealkylation sites (N-methyl/N-ethyl adjacent to an activating group) is 1. The summed E-state index contributed by atoms with van der Waals surface area (Å²) in [6.45, 7) is 14.0. The first-order chi connectivity index (χ1) is 18.4. The fraction of sp³-hybridized carbons (Fsp3) is 0.467. The number of ketones is 1. The first-order valence-electron chi connectivity index (χ1n) is 13.5. The molecule has 1 unspecified atom stereocenters. The number of ether oxygens (including phenoxy) is 3. The molecule has 0 aromatic heterocycles. The van der Waals surface area contributed by atoms with Crippen LogP contribution in [0.1, 0.15) is 58.2 Å².